The maximum atomic E-state index is 10.4. The average Bonchev–Trinajstić information content (AvgIpc) is 2.05. The molecule has 66 valence electrons. The molecular formula is C8H10NO3-. The van der Waals surface area contributed by atoms with Crippen molar-refractivity contribution < 1.29 is 14.6 Å². The highest BCUT2D eigenvalue weighted by atomic mass is 16.5. The van der Waals surface area contributed by atoms with Crippen LogP contribution in [-0.4, -0.2) is 18.8 Å². The largest absolute Gasteiger partial charge is 0.549 e. The second kappa shape index (κ2) is 3.08. The van der Waals surface area contributed by atoms with E-state index in [-0.39, 0.29) is 0 Å². The lowest BCUT2D eigenvalue weighted by Gasteiger charge is -2.25. The van der Waals surface area contributed by atoms with E-state index in [1.807, 2.05) is 0 Å². The molecule has 2 N–H and O–H groups in total. The molecule has 0 unspecified atom stereocenters. The summed E-state index contributed by atoms with van der Waals surface area (Å²) in [6.45, 7) is 0. The number of aliphatic carboxylic acids is 1. The van der Waals surface area contributed by atoms with Crippen molar-refractivity contribution in [2.24, 2.45) is 11.7 Å². The number of carboxylic acid groups (broad SMARTS) is 1. The minimum absolute atomic E-state index is 0.697. The highest BCUT2D eigenvalue weighted by Gasteiger charge is 2.20. The number of nitrogens with two attached hydrogens (primary N) is 1. The van der Waals surface area contributed by atoms with Crippen LogP contribution in [0.5, 0.6) is 0 Å². The summed E-state index contributed by atoms with van der Waals surface area (Å²) >= 11 is 0. The molecule has 12 heavy (non-hydrogen) atoms. The predicted molar refractivity (Wildman–Crippen MR) is 40.7 cm³/mol. The van der Waals surface area contributed by atoms with E-state index >= 15 is 0 Å². The van der Waals surface area contributed by atoms with Crippen LogP contribution in [0.1, 0.15) is 0 Å². The van der Waals surface area contributed by atoms with Gasteiger partial charge in [0.2, 0.25) is 0 Å². The molecule has 0 saturated carbocycles. The predicted octanol–water partition coefficient (Wildman–Crippen LogP) is -1.22. The summed E-state index contributed by atoms with van der Waals surface area (Å²) in [5.41, 5.74) is 4.65. The van der Waals surface area contributed by atoms with E-state index in [9.17, 15) is 9.90 Å². The average molecular weight is 168 g/mol. The summed E-state index contributed by atoms with van der Waals surface area (Å²) in [5.74, 6) is -1.84. The summed E-state index contributed by atoms with van der Waals surface area (Å²) in [4.78, 5) is 10.4. The monoisotopic (exact) mass is 168 g/mol. The van der Waals surface area contributed by atoms with Crippen molar-refractivity contribution >= 4 is 5.97 Å². The molecular weight excluding hydrogens is 158 g/mol. The zero-order chi connectivity index (χ0) is 9.19. The number of ether oxygens (including phenoxy) is 1. The molecule has 4 nitrogen and oxygen atoms in total. The van der Waals surface area contributed by atoms with Gasteiger partial charge in [0, 0.05) is 13.0 Å². The van der Waals surface area contributed by atoms with Crippen molar-refractivity contribution in [1.82, 2.24) is 0 Å². The lowest BCUT2D eigenvalue weighted by Crippen LogP contribution is -2.40. The van der Waals surface area contributed by atoms with Crippen LogP contribution in [0.25, 0.3) is 0 Å². The van der Waals surface area contributed by atoms with Crippen molar-refractivity contribution in [3.63, 3.8) is 0 Å². The van der Waals surface area contributed by atoms with E-state index in [2.05, 4.69) is 0 Å². The molecule has 0 bridgehead atoms. The van der Waals surface area contributed by atoms with Crippen LogP contribution >= 0.6 is 0 Å². The molecule has 0 atom stereocenters. The highest BCUT2D eigenvalue weighted by molar-refractivity contribution is 5.72. The first-order valence-electron chi connectivity index (χ1n) is 3.51. The molecule has 0 amide bonds. The van der Waals surface area contributed by atoms with Gasteiger partial charge < -0.3 is 14.6 Å². The number of rotatable bonds is 2. The molecule has 0 heterocycles. The summed E-state index contributed by atoms with van der Waals surface area (Å²) in [5, 5.41) is 10.4. The fraction of sp³-hybridized carbons (Fsp3) is 0.375. The van der Waals surface area contributed by atoms with Crippen molar-refractivity contribution in [3.05, 3.63) is 24.3 Å². The van der Waals surface area contributed by atoms with Gasteiger partial charge in [-0.1, -0.05) is 12.2 Å². The zero-order valence-corrected chi connectivity index (χ0v) is 6.69. The van der Waals surface area contributed by atoms with Crippen LogP contribution in [0.4, 0.5) is 0 Å². The lowest BCUT2D eigenvalue weighted by atomic mass is 9.99. The topological polar surface area (TPSA) is 75.4 Å². The van der Waals surface area contributed by atoms with E-state index in [1.54, 1.807) is 0 Å². The van der Waals surface area contributed by atoms with Crippen LogP contribution in [0, 0.1) is 5.92 Å². The highest BCUT2D eigenvalue weighted by Crippen LogP contribution is 2.16. The molecule has 0 aromatic heterocycles. The van der Waals surface area contributed by atoms with E-state index in [1.165, 1.54) is 31.4 Å². The second-order valence-corrected chi connectivity index (χ2v) is 2.62. The molecule has 0 saturated heterocycles. The number of carboxylic acids is 1. The van der Waals surface area contributed by atoms with Gasteiger partial charge in [-0.25, -0.2) is 0 Å². The summed E-state index contributed by atoms with van der Waals surface area (Å²) in [6, 6.07) is 0. The molecule has 0 aromatic carbocycles. The van der Waals surface area contributed by atoms with Gasteiger partial charge in [-0.2, -0.15) is 0 Å². The number of carbonyl (C=O) groups excluding carboxylic acids is 1. The Bertz CT molecular complexity index is 231. The Morgan fingerprint density at radius 1 is 1.58 bits per heavy atom. The SMILES string of the molecule is COC1(N)C=CC(C(=O)[O-])C=C1. The minimum Gasteiger partial charge on any atom is -0.549 e. The standard InChI is InChI=1S/C8H11NO3/c1-12-8(9)4-2-6(3-5-8)7(10)11/h2-6H,9H2,1H3,(H,10,11)/p-1. The van der Waals surface area contributed by atoms with Crippen molar-refractivity contribution in [1.29, 1.82) is 0 Å². The first kappa shape index (κ1) is 8.96. The first-order valence-corrected chi connectivity index (χ1v) is 3.51. The van der Waals surface area contributed by atoms with Gasteiger partial charge in [0.05, 0.1) is 5.97 Å². The van der Waals surface area contributed by atoms with E-state index in [0.717, 1.165) is 0 Å². The normalized spacial score (nSPS) is 33.7. The third-order valence-electron chi connectivity index (χ3n) is 1.75. The van der Waals surface area contributed by atoms with Gasteiger partial charge in [-0.15, -0.1) is 0 Å². The second-order valence-electron chi connectivity index (χ2n) is 2.62. The Kier molecular flexibility index (Phi) is 2.30. The first-order chi connectivity index (χ1) is 5.57. The molecule has 0 fully saturated rings. The van der Waals surface area contributed by atoms with Crippen molar-refractivity contribution in [3.8, 4) is 0 Å². The minimum atomic E-state index is -1.14. The maximum absolute atomic E-state index is 10.4. The van der Waals surface area contributed by atoms with Crippen LogP contribution in [-0.2, 0) is 9.53 Å². The number of hydrogen-bond donors (Lipinski definition) is 1. The number of methoxy groups -OCH3 is 1. The fourth-order valence-electron chi connectivity index (χ4n) is 0.921. The summed E-state index contributed by atoms with van der Waals surface area (Å²) in [6.07, 6.45) is 5.87. The van der Waals surface area contributed by atoms with Crippen molar-refractivity contribution in [2.75, 3.05) is 7.11 Å². The van der Waals surface area contributed by atoms with Crippen LogP contribution in [0.2, 0.25) is 0 Å². The molecule has 0 aliphatic heterocycles. The number of carbonyl (C=O) groups is 1. The van der Waals surface area contributed by atoms with Gasteiger partial charge in [0.25, 0.3) is 0 Å². The van der Waals surface area contributed by atoms with Gasteiger partial charge in [0.15, 0.2) is 5.72 Å². The van der Waals surface area contributed by atoms with Gasteiger partial charge in [-0.3, -0.25) is 5.73 Å². The van der Waals surface area contributed by atoms with E-state index in [0.29, 0.717) is 0 Å². The molecule has 0 spiro atoms. The molecule has 0 aromatic rings. The smallest absolute Gasteiger partial charge is 0.154 e. The summed E-state index contributed by atoms with van der Waals surface area (Å²) < 4.78 is 4.90. The Morgan fingerprint density at radius 2 is 2.08 bits per heavy atom. The third kappa shape index (κ3) is 1.72. The quantitative estimate of drug-likeness (QED) is 0.414. The van der Waals surface area contributed by atoms with Crippen LogP contribution < -0.4 is 10.8 Å². The van der Waals surface area contributed by atoms with Gasteiger partial charge in [0.1, 0.15) is 0 Å². The molecule has 1 aliphatic rings. The van der Waals surface area contributed by atoms with E-state index < -0.39 is 17.6 Å². The zero-order valence-electron chi connectivity index (χ0n) is 6.69. The molecule has 1 rings (SSSR count). The Labute approximate surface area is 70.3 Å². The van der Waals surface area contributed by atoms with E-state index in [4.69, 9.17) is 10.5 Å². The Hall–Kier alpha value is -1.13. The lowest BCUT2D eigenvalue weighted by molar-refractivity contribution is -0.308. The summed E-state index contributed by atoms with van der Waals surface area (Å²) in [7, 11) is 1.45. The fourth-order valence-corrected chi connectivity index (χ4v) is 0.921. The third-order valence-corrected chi connectivity index (χ3v) is 1.75. The number of hydrogen-bond acceptors (Lipinski definition) is 4. The van der Waals surface area contributed by atoms with Gasteiger partial charge in [-0.05, 0) is 12.2 Å². The molecule has 0 radical (unpaired) electrons. The molecule has 1 aliphatic carbocycles. The van der Waals surface area contributed by atoms with Gasteiger partial charge >= 0.3 is 0 Å². The Balaban J connectivity index is 2.72. The molecule has 4 heteroatoms. The maximum Gasteiger partial charge on any atom is 0.154 e. The Morgan fingerprint density at radius 3 is 2.42 bits per heavy atom. The van der Waals surface area contributed by atoms with Crippen LogP contribution in [0.3, 0.4) is 0 Å². The van der Waals surface area contributed by atoms with Crippen molar-refractivity contribution in [2.45, 2.75) is 5.72 Å². The van der Waals surface area contributed by atoms with Crippen LogP contribution in [0.15, 0.2) is 24.3 Å².